The molecule has 0 unspecified atom stereocenters. The zero-order chi connectivity index (χ0) is 10.8. The maximum Gasteiger partial charge on any atom is 0.201 e. The first-order valence-electron chi connectivity index (χ1n) is 4.87. The van der Waals surface area contributed by atoms with Crippen LogP contribution in [0, 0.1) is 5.41 Å². The molecule has 1 aromatic carbocycles. The maximum atomic E-state index is 11.4. The van der Waals surface area contributed by atoms with E-state index in [-0.39, 0.29) is 17.7 Å². The first-order chi connectivity index (χ1) is 7.24. The second-order valence-corrected chi connectivity index (χ2v) is 3.50. The van der Waals surface area contributed by atoms with Crippen LogP contribution in [0.25, 0.3) is 0 Å². The van der Waals surface area contributed by atoms with E-state index in [0.717, 1.165) is 5.56 Å². The third kappa shape index (κ3) is 1.64. The van der Waals surface area contributed by atoms with Crippen LogP contribution >= 0.6 is 0 Å². The van der Waals surface area contributed by atoms with Crippen molar-refractivity contribution in [3.63, 3.8) is 0 Å². The standard InChI is InChI=1S/C11H13N3O/c1-13-14-9(7-10(15)11(14)12)8-5-3-2-4-6-8/h2-6,9,12-13H,7H2,1H3/t9-/m0/s1. The quantitative estimate of drug-likeness (QED) is 0.757. The molecular formula is C11H13N3O. The molecule has 2 rings (SSSR count). The third-order valence-corrected chi connectivity index (χ3v) is 2.62. The van der Waals surface area contributed by atoms with Gasteiger partial charge < -0.3 is 0 Å². The van der Waals surface area contributed by atoms with Crippen LogP contribution in [0.5, 0.6) is 0 Å². The molecule has 0 aliphatic carbocycles. The topological polar surface area (TPSA) is 56.2 Å². The van der Waals surface area contributed by atoms with Gasteiger partial charge in [0.2, 0.25) is 5.78 Å². The van der Waals surface area contributed by atoms with Crippen LogP contribution in [0.1, 0.15) is 18.0 Å². The molecule has 1 saturated heterocycles. The van der Waals surface area contributed by atoms with E-state index < -0.39 is 0 Å². The number of benzene rings is 1. The van der Waals surface area contributed by atoms with Crippen LogP contribution in [0.15, 0.2) is 30.3 Å². The van der Waals surface area contributed by atoms with Crippen LogP contribution < -0.4 is 5.43 Å². The van der Waals surface area contributed by atoms with Crippen molar-refractivity contribution in [1.29, 1.82) is 5.41 Å². The van der Waals surface area contributed by atoms with E-state index in [1.54, 1.807) is 12.1 Å². The Morgan fingerprint density at radius 3 is 2.67 bits per heavy atom. The molecule has 1 fully saturated rings. The molecule has 1 aromatic rings. The molecule has 0 aromatic heterocycles. The number of hydrogen-bond acceptors (Lipinski definition) is 3. The molecule has 0 amide bonds. The van der Waals surface area contributed by atoms with E-state index in [2.05, 4.69) is 5.43 Å². The molecule has 78 valence electrons. The summed E-state index contributed by atoms with van der Waals surface area (Å²) in [4.78, 5) is 11.4. The van der Waals surface area contributed by atoms with Crippen molar-refractivity contribution in [2.45, 2.75) is 12.5 Å². The number of carbonyl (C=O) groups excluding carboxylic acids is 1. The molecule has 1 atom stereocenters. The van der Waals surface area contributed by atoms with Crippen molar-refractivity contribution in [2.24, 2.45) is 0 Å². The molecule has 4 heteroatoms. The number of nitrogens with zero attached hydrogens (tertiary/aromatic N) is 1. The molecule has 4 nitrogen and oxygen atoms in total. The van der Waals surface area contributed by atoms with Gasteiger partial charge in [-0.05, 0) is 5.56 Å². The minimum absolute atomic E-state index is 0.0452. The van der Waals surface area contributed by atoms with E-state index in [1.807, 2.05) is 30.3 Å². The van der Waals surface area contributed by atoms with Gasteiger partial charge in [-0.25, -0.2) is 5.43 Å². The Balaban J connectivity index is 2.31. The monoisotopic (exact) mass is 203 g/mol. The Morgan fingerprint density at radius 2 is 2.07 bits per heavy atom. The fraction of sp³-hybridized carbons (Fsp3) is 0.273. The highest BCUT2D eigenvalue weighted by Crippen LogP contribution is 2.28. The van der Waals surface area contributed by atoms with Gasteiger partial charge in [0.1, 0.15) is 0 Å². The Morgan fingerprint density at radius 1 is 1.40 bits per heavy atom. The second-order valence-electron chi connectivity index (χ2n) is 3.50. The van der Waals surface area contributed by atoms with Gasteiger partial charge in [-0.3, -0.25) is 15.2 Å². The van der Waals surface area contributed by atoms with Crippen LogP contribution in [0.3, 0.4) is 0 Å². The van der Waals surface area contributed by atoms with Crippen LogP contribution in [0.2, 0.25) is 0 Å². The number of hydrazine groups is 1. The van der Waals surface area contributed by atoms with Crippen molar-refractivity contribution in [3.8, 4) is 0 Å². The Labute approximate surface area is 88.4 Å². The van der Waals surface area contributed by atoms with E-state index in [9.17, 15) is 4.79 Å². The summed E-state index contributed by atoms with van der Waals surface area (Å²) >= 11 is 0. The highest BCUT2D eigenvalue weighted by atomic mass is 16.1. The summed E-state index contributed by atoms with van der Waals surface area (Å²) in [5, 5.41) is 9.21. The molecule has 2 N–H and O–H groups in total. The Bertz CT molecular complexity index is 388. The summed E-state index contributed by atoms with van der Waals surface area (Å²) in [5.74, 6) is -0.0652. The fourth-order valence-electron chi connectivity index (χ4n) is 1.86. The van der Waals surface area contributed by atoms with Crippen LogP contribution in [-0.2, 0) is 4.79 Å². The van der Waals surface area contributed by atoms with Gasteiger partial charge in [-0.15, -0.1) is 0 Å². The molecule has 1 heterocycles. The van der Waals surface area contributed by atoms with Crippen LogP contribution in [0.4, 0.5) is 0 Å². The number of carbonyl (C=O) groups is 1. The van der Waals surface area contributed by atoms with Gasteiger partial charge in [0, 0.05) is 13.5 Å². The highest BCUT2D eigenvalue weighted by Gasteiger charge is 2.35. The molecule has 0 saturated carbocycles. The summed E-state index contributed by atoms with van der Waals surface area (Å²) in [5.41, 5.74) is 3.94. The van der Waals surface area contributed by atoms with Gasteiger partial charge in [-0.1, -0.05) is 30.3 Å². The number of ketones is 1. The van der Waals surface area contributed by atoms with E-state index in [0.29, 0.717) is 6.42 Å². The molecule has 0 spiro atoms. The fourth-order valence-corrected chi connectivity index (χ4v) is 1.86. The van der Waals surface area contributed by atoms with Crippen molar-refractivity contribution in [2.75, 3.05) is 7.05 Å². The maximum absolute atomic E-state index is 11.4. The van der Waals surface area contributed by atoms with Crippen molar-refractivity contribution in [3.05, 3.63) is 35.9 Å². The SMILES string of the molecule is CNN1C(=N)C(=O)C[C@H]1c1ccccc1. The summed E-state index contributed by atoms with van der Waals surface area (Å²) in [7, 11) is 1.73. The van der Waals surface area contributed by atoms with Gasteiger partial charge in [-0.2, -0.15) is 0 Å². The molecule has 15 heavy (non-hydrogen) atoms. The summed E-state index contributed by atoms with van der Waals surface area (Å²) < 4.78 is 0. The van der Waals surface area contributed by atoms with Crippen molar-refractivity contribution < 1.29 is 4.79 Å². The number of hydrogen-bond donors (Lipinski definition) is 2. The molecule has 1 aliphatic heterocycles. The largest absolute Gasteiger partial charge is 0.291 e. The lowest BCUT2D eigenvalue weighted by Gasteiger charge is -2.24. The predicted molar refractivity (Wildman–Crippen MR) is 57.4 cm³/mol. The lowest BCUT2D eigenvalue weighted by Crippen LogP contribution is -2.38. The Hall–Kier alpha value is -1.68. The zero-order valence-corrected chi connectivity index (χ0v) is 8.53. The lowest BCUT2D eigenvalue weighted by molar-refractivity contribution is -0.112. The molecule has 1 aliphatic rings. The van der Waals surface area contributed by atoms with Crippen molar-refractivity contribution in [1.82, 2.24) is 10.4 Å². The smallest absolute Gasteiger partial charge is 0.201 e. The first-order valence-corrected chi connectivity index (χ1v) is 4.87. The minimum Gasteiger partial charge on any atom is -0.291 e. The van der Waals surface area contributed by atoms with Gasteiger partial charge in [0.05, 0.1) is 6.04 Å². The van der Waals surface area contributed by atoms with E-state index in [4.69, 9.17) is 5.41 Å². The summed E-state index contributed by atoms with van der Waals surface area (Å²) in [6.45, 7) is 0. The summed E-state index contributed by atoms with van der Waals surface area (Å²) in [6.07, 6.45) is 0.379. The van der Waals surface area contributed by atoms with Crippen LogP contribution in [-0.4, -0.2) is 23.7 Å². The lowest BCUT2D eigenvalue weighted by atomic mass is 10.1. The first kappa shape index (κ1) is 9.86. The second kappa shape index (κ2) is 3.82. The average molecular weight is 203 g/mol. The van der Waals surface area contributed by atoms with Crippen molar-refractivity contribution >= 4 is 11.6 Å². The predicted octanol–water partition coefficient (Wildman–Crippen LogP) is 1.11. The number of amidine groups is 1. The highest BCUT2D eigenvalue weighted by molar-refractivity contribution is 6.39. The molecule has 0 bridgehead atoms. The normalized spacial score (nSPS) is 21.1. The number of nitrogens with one attached hydrogen (secondary N) is 2. The Kier molecular flexibility index (Phi) is 2.51. The van der Waals surface area contributed by atoms with Gasteiger partial charge in [0.25, 0.3) is 0 Å². The van der Waals surface area contributed by atoms with E-state index >= 15 is 0 Å². The average Bonchev–Trinajstić information content (AvgIpc) is 2.56. The van der Waals surface area contributed by atoms with Gasteiger partial charge >= 0.3 is 0 Å². The number of rotatable bonds is 2. The molecular weight excluding hydrogens is 190 g/mol. The third-order valence-electron chi connectivity index (χ3n) is 2.62. The number of Topliss-reactive ketones (excluding diaryl/α,β-unsaturated/α-hetero) is 1. The molecule has 0 radical (unpaired) electrons. The zero-order valence-electron chi connectivity index (χ0n) is 8.53. The van der Waals surface area contributed by atoms with Gasteiger partial charge in [0.15, 0.2) is 5.84 Å². The summed E-state index contributed by atoms with van der Waals surface area (Å²) in [6, 6.07) is 9.72. The van der Waals surface area contributed by atoms with E-state index in [1.165, 1.54) is 0 Å². The minimum atomic E-state index is -0.113.